The zero-order valence-electron chi connectivity index (χ0n) is 13.8. The number of hydrogen-bond donors (Lipinski definition) is 4. The van der Waals surface area contributed by atoms with E-state index in [0.717, 1.165) is 32.1 Å². The lowest BCUT2D eigenvalue weighted by atomic mass is 9.98. The first-order chi connectivity index (χ1) is 9.40. The van der Waals surface area contributed by atoms with E-state index in [4.69, 9.17) is 10.2 Å². The number of hydrogen-bond acceptors (Lipinski definition) is 4. The third-order valence-corrected chi connectivity index (χ3v) is 3.64. The Bertz CT molecular complexity index is 185. The minimum atomic E-state index is -0.225. The van der Waals surface area contributed by atoms with Crippen LogP contribution >= 0.6 is 0 Å². The summed E-state index contributed by atoms with van der Waals surface area (Å²) in [7, 11) is 0. The first-order valence-electron chi connectivity index (χ1n) is 7.98. The van der Waals surface area contributed by atoms with Gasteiger partial charge in [0.15, 0.2) is 0 Å². The highest BCUT2D eigenvalue weighted by atomic mass is 16.3. The average molecular weight is 292 g/mol. The van der Waals surface area contributed by atoms with Gasteiger partial charge in [0.05, 0.1) is 12.2 Å². The molecule has 20 heavy (non-hydrogen) atoms. The van der Waals surface area contributed by atoms with Gasteiger partial charge in [-0.25, -0.2) is 0 Å². The smallest absolute Gasteiger partial charge is 0.0566 e. The summed E-state index contributed by atoms with van der Waals surface area (Å²) in [5.74, 6) is 0.713. The molecule has 124 valence electrons. The molecule has 0 fully saturated rings. The lowest BCUT2D eigenvalue weighted by Crippen LogP contribution is -2.16. The molecule has 0 amide bonds. The van der Waals surface area contributed by atoms with Crippen LogP contribution in [0.15, 0.2) is 0 Å². The van der Waals surface area contributed by atoms with Crippen molar-refractivity contribution in [3.63, 3.8) is 0 Å². The summed E-state index contributed by atoms with van der Waals surface area (Å²) < 4.78 is 0. The first-order valence-corrected chi connectivity index (χ1v) is 7.98. The first kappa shape index (κ1) is 22.1. The summed E-state index contributed by atoms with van der Waals surface area (Å²) >= 11 is 0. The van der Waals surface area contributed by atoms with E-state index in [0.29, 0.717) is 18.3 Å². The normalized spacial score (nSPS) is 15.4. The average Bonchev–Trinajstić information content (AvgIpc) is 2.44. The van der Waals surface area contributed by atoms with Crippen LogP contribution in [0.25, 0.3) is 0 Å². The second-order valence-corrected chi connectivity index (χ2v) is 5.85. The summed E-state index contributed by atoms with van der Waals surface area (Å²) in [5, 5.41) is 35.5. The zero-order chi connectivity index (χ0) is 16.0. The summed E-state index contributed by atoms with van der Waals surface area (Å²) in [4.78, 5) is 0. The highest BCUT2D eigenvalue weighted by Crippen LogP contribution is 2.11. The Balaban J connectivity index is 0. The summed E-state index contributed by atoms with van der Waals surface area (Å²) in [6, 6.07) is 0. The van der Waals surface area contributed by atoms with Gasteiger partial charge >= 0.3 is 0 Å². The third-order valence-electron chi connectivity index (χ3n) is 3.64. The Morgan fingerprint density at radius 3 is 1.65 bits per heavy atom. The van der Waals surface area contributed by atoms with Gasteiger partial charge in [-0.05, 0) is 43.9 Å². The van der Waals surface area contributed by atoms with Gasteiger partial charge in [0.1, 0.15) is 0 Å². The van der Waals surface area contributed by atoms with Crippen LogP contribution in [0.1, 0.15) is 66.2 Å². The molecule has 0 aliphatic carbocycles. The lowest BCUT2D eigenvalue weighted by molar-refractivity contribution is 0.0964. The van der Waals surface area contributed by atoms with Gasteiger partial charge in [-0.2, -0.15) is 0 Å². The van der Waals surface area contributed by atoms with E-state index < -0.39 is 0 Å². The van der Waals surface area contributed by atoms with Crippen molar-refractivity contribution in [3.8, 4) is 0 Å². The number of rotatable bonds is 10. The predicted octanol–water partition coefficient (Wildman–Crippen LogP) is 2.33. The molecule has 0 heterocycles. The van der Waals surface area contributed by atoms with Crippen LogP contribution in [-0.4, -0.2) is 45.8 Å². The Morgan fingerprint density at radius 2 is 1.25 bits per heavy atom. The highest BCUT2D eigenvalue weighted by Gasteiger charge is 2.10. The maximum Gasteiger partial charge on any atom is 0.0566 e. The van der Waals surface area contributed by atoms with Crippen LogP contribution < -0.4 is 0 Å². The van der Waals surface area contributed by atoms with Crippen LogP contribution in [0.3, 0.4) is 0 Å². The van der Waals surface area contributed by atoms with Crippen molar-refractivity contribution in [1.29, 1.82) is 0 Å². The van der Waals surface area contributed by atoms with Gasteiger partial charge in [-0.1, -0.05) is 34.1 Å². The Labute approximate surface area is 124 Å². The van der Waals surface area contributed by atoms with E-state index in [-0.39, 0.29) is 25.4 Å². The molecule has 0 aromatic rings. The van der Waals surface area contributed by atoms with Crippen molar-refractivity contribution in [3.05, 3.63) is 0 Å². The molecule has 4 N–H and O–H groups in total. The molecular weight excluding hydrogens is 256 g/mol. The van der Waals surface area contributed by atoms with Gasteiger partial charge < -0.3 is 20.4 Å². The SMILES string of the molecule is CC(C)C(O)CCCCO.CCC(C)C(O)CCCO. The maximum atomic E-state index is 9.34. The Hall–Kier alpha value is -0.160. The van der Waals surface area contributed by atoms with Crippen molar-refractivity contribution < 1.29 is 20.4 Å². The van der Waals surface area contributed by atoms with E-state index in [1.165, 1.54) is 0 Å². The van der Waals surface area contributed by atoms with Crippen molar-refractivity contribution in [1.82, 2.24) is 0 Å². The van der Waals surface area contributed by atoms with Crippen molar-refractivity contribution >= 4 is 0 Å². The zero-order valence-corrected chi connectivity index (χ0v) is 13.8. The molecule has 0 radical (unpaired) electrons. The standard InChI is InChI=1S/2C8H18O2/c1-7(2)8(10)5-3-4-6-9;1-3-7(2)8(10)5-4-6-9/h2*7-10H,3-6H2,1-2H3. The largest absolute Gasteiger partial charge is 0.396 e. The fourth-order valence-electron chi connectivity index (χ4n) is 1.66. The van der Waals surface area contributed by atoms with Crippen LogP contribution in [0, 0.1) is 11.8 Å². The fourth-order valence-corrected chi connectivity index (χ4v) is 1.66. The quantitative estimate of drug-likeness (QED) is 0.466. The molecule has 0 rings (SSSR count). The van der Waals surface area contributed by atoms with Crippen LogP contribution in [0.5, 0.6) is 0 Å². The van der Waals surface area contributed by atoms with Crippen molar-refractivity contribution in [2.45, 2.75) is 78.4 Å². The molecule has 0 aliphatic heterocycles. The number of aliphatic hydroxyl groups is 4. The van der Waals surface area contributed by atoms with E-state index in [1.54, 1.807) is 0 Å². The van der Waals surface area contributed by atoms with Crippen molar-refractivity contribution in [2.75, 3.05) is 13.2 Å². The van der Waals surface area contributed by atoms with E-state index >= 15 is 0 Å². The third kappa shape index (κ3) is 14.3. The summed E-state index contributed by atoms with van der Waals surface area (Å²) in [6.07, 6.45) is 4.59. The second kappa shape index (κ2) is 15.2. The molecule has 4 heteroatoms. The monoisotopic (exact) mass is 292 g/mol. The number of aliphatic hydroxyl groups excluding tert-OH is 4. The molecule has 0 aliphatic rings. The van der Waals surface area contributed by atoms with E-state index in [2.05, 4.69) is 6.92 Å². The molecule has 4 nitrogen and oxygen atoms in total. The number of unbranched alkanes of at least 4 members (excludes halogenated alkanes) is 1. The van der Waals surface area contributed by atoms with Gasteiger partial charge in [-0.15, -0.1) is 0 Å². The molecular formula is C16H36O4. The maximum absolute atomic E-state index is 9.34. The van der Waals surface area contributed by atoms with Crippen LogP contribution in [-0.2, 0) is 0 Å². The molecule has 0 saturated carbocycles. The summed E-state index contributed by atoms with van der Waals surface area (Å²) in [5.41, 5.74) is 0. The Kier molecular flexibility index (Phi) is 16.9. The molecule has 3 atom stereocenters. The molecule has 0 bridgehead atoms. The fraction of sp³-hybridized carbons (Fsp3) is 1.00. The highest BCUT2D eigenvalue weighted by molar-refractivity contribution is 4.62. The topological polar surface area (TPSA) is 80.9 Å². The van der Waals surface area contributed by atoms with Gasteiger partial charge in [0, 0.05) is 13.2 Å². The minimum Gasteiger partial charge on any atom is -0.396 e. The Morgan fingerprint density at radius 1 is 0.750 bits per heavy atom. The molecule has 0 spiro atoms. The van der Waals surface area contributed by atoms with E-state index in [1.807, 2.05) is 20.8 Å². The van der Waals surface area contributed by atoms with Gasteiger partial charge in [0.25, 0.3) is 0 Å². The van der Waals surface area contributed by atoms with E-state index in [9.17, 15) is 10.2 Å². The molecule has 0 saturated heterocycles. The minimum absolute atomic E-state index is 0.188. The molecule has 0 aromatic heterocycles. The van der Waals surface area contributed by atoms with Gasteiger partial charge in [-0.3, -0.25) is 0 Å². The van der Waals surface area contributed by atoms with Crippen LogP contribution in [0.2, 0.25) is 0 Å². The van der Waals surface area contributed by atoms with Crippen molar-refractivity contribution in [2.24, 2.45) is 11.8 Å². The lowest BCUT2D eigenvalue weighted by Gasteiger charge is -2.15. The second-order valence-electron chi connectivity index (χ2n) is 5.85. The predicted molar refractivity (Wildman–Crippen MR) is 83.6 cm³/mol. The summed E-state index contributed by atoms with van der Waals surface area (Å²) in [6.45, 7) is 8.53. The molecule has 0 aromatic carbocycles. The molecule has 3 unspecified atom stereocenters. The van der Waals surface area contributed by atoms with Crippen LogP contribution in [0.4, 0.5) is 0 Å². The van der Waals surface area contributed by atoms with Gasteiger partial charge in [0.2, 0.25) is 0 Å².